The molecule has 1 N–H and O–H groups in total. The third-order valence-corrected chi connectivity index (χ3v) is 6.86. The van der Waals surface area contributed by atoms with Crippen LogP contribution in [0.5, 0.6) is 0 Å². The summed E-state index contributed by atoms with van der Waals surface area (Å²) in [5.74, 6) is 1.35. The van der Waals surface area contributed by atoms with Crippen LogP contribution in [0.1, 0.15) is 44.2 Å². The summed E-state index contributed by atoms with van der Waals surface area (Å²) in [5, 5.41) is 2.91. The minimum atomic E-state index is -0.198. The summed E-state index contributed by atoms with van der Waals surface area (Å²) in [6, 6.07) is 16.3. The number of nitrogens with zero attached hydrogens (tertiary/aromatic N) is 1. The van der Waals surface area contributed by atoms with E-state index in [0.29, 0.717) is 5.92 Å². The molecular weight excluding hydrogens is 360 g/mol. The molecule has 1 amide bonds. The SMILES string of the molecule is CC[C@@H](C)c1ccccc1NC(=O)[C@H](C)SC1=Nc2ccccc2CS1. The van der Waals surface area contributed by atoms with Gasteiger partial charge in [0, 0.05) is 11.4 Å². The van der Waals surface area contributed by atoms with Crippen LogP contribution in [0, 0.1) is 0 Å². The van der Waals surface area contributed by atoms with Crippen LogP contribution >= 0.6 is 23.5 Å². The minimum Gasteiger partial charge on any atom is -0.325 e. The lowest BCUT2D eigenvalue weighted by molar-refractivity contribution is -0.115. The summed E-state index contributed by atoms with van der Waals surface area (Å²) >= 11 is 3.23. The molecule has 136 valence electrons. The summed E-state index contributed by atoms with van der Waals surface area (Å²) < 4.78 is 0.960. The van der Waals surface area contributed by atoms with E-state index >= 15 is 0 Å². The summed E-state index contributed by atoms with van der Waals surface area (Å²) in [6.45, 7) is 6.29. The number of nitrogens with one attached hydrogen (secondary N) is 1. The number of hydrogen-bond donors (Lipinski definition) is 1. The van der Waals surface area contributed by atoms with Crippen molar-refractivity contribution in [2.45, 2.75) is 44.1 Å². The molecule has 3 nitrogen and oxygen atoms in total. The first kappa shape index (κ1) is 19.1. The van der Waals surface area contributed by atoms with Crippen LogP contribution in [0.4, 0.5) is 11.4 Å². The number of rotatable bonds is 5. The number of benzene rings is 2. The molecule has 2 aromatic carbocycles. The second-order valence-electron chi connectivity index (χ2n) is 6.44. The van der Waals surface area contributed by atoms with Gasteiger partial charge in [-0.1, -0.05) is 73.8 Å². The third kappa shape index (κ3) is 4.51. The van der Waals surface area contributed by atoms with Crippen molar-refractivity contribution in [1.82, 2.24) is 0 Å². The van der Waals surface area contributed by atoms with Crippen molar-refractivity contribution in [2.75, 3.05) is 5.32 Å². The van der Waals surface area contributed by atoms with Gasteiger partial charge in [-0.15, -0.1) is 0 Å². The Balaban J connectivity index is 1.67. The van der Waals surface area contributed by atoms with Gasteiger partial charge < -0.3 is 5.32 Å². The quantitative estimate of drug-likeness (QED) is 0.668. The third-order valence-electron chi connectivity index (χ3n) is 4.56. The molecule has 0 fully saturated rings. The maximum atomic E-state index is 12.7. The number of para-hydroxylation sites is 2. The highest BCUT2D eigenvalue weighted by atomic mass is 32.2. The summed E-state index contributed by atoms with van der Waals surface area (Å²) in [7, 11) is 0. The molecule has 0 spiro atoms. The van der Waals surface area contributed by atoms with Crippen molar-refractivity contribution in [3.8, 4) is 0 Å². The van der Waals surface area contributed by atoms with Crippen LogP contribution in [-0.4, -0.2) is 15.5 Å². The number of hydrogen-bond acceptors (Lipinski definition) is 4. The lowest BCUT2D eigenvalue weighted by atomic mass is 9.97. The molecule has 0 bridgehead atoms. The largest absolute Gasteiger partial charge is 0.325 e. The van der Waals surface area contributed by atoms with Gasteiger partial charge in [0.2, 0.25) is 5.91 Å². The van der Waals surface area contributed by atoms with Gasteiger partial charge in [-0.05, 0) is 42.5 Å². The Morgan fingerprint density at radius 1 is 1.19 bits per heavy atom. The lowest BCUT2D eigenvalue weighted by Gasteiger charge is -2.19. The Bertz CT molecular complexity index is 819. The van der Waals surface area contributed by atoms with Crippen molar-refractivity contribution >= 4 is 45.2 Å². The van der Waals surface area contributed by atoms with E-state index in [1.165, 1.54) is 22.9 Å². The summed E-state index contributed by atoms with van der Waals surface area (Å²) in [5.41, 5.74) is 4.38. The number of carbonyl (C=O) groups is 1. The number of thioether (sulfide) groups is 2. The maximum Gasteiger partial charge on any atom is 0.237 e. The standard InChI is InChI=1S/C21H24N2OS2/c1-4-14(2)17-10-6-8-12-19(17)22-20(24)15(3)26-21-23-18-11-7-5-9-16(18)13-25-21/h5-12,14-15H,4,13H2,1-3H3,(H,22,24)/t14-,15+/m1/s1. The van der Waals surface area contributed by atoms with Crippen LogP contribution in [0.25, 0.3) is 0 Å². The van der Waals surface area contributed by atoms with E-state index in [4.69, 9.17) is 4.99 Å². The second-order valence-corrected chi connectivity index (χ2v) is 8.99. The van der Waals surface area contributed by atoms with Crippen molar-refractivity contribution in [2.24, 2.45) is 4.99 Å². The van der Waals surface area contributed by atoms with Gasteiger partial charge in [0.15, 0.2) is 0 Å². The normalized spacial score (nSPS) is 15.6. The number of carbonyl (C=O) groups excluding carboxylic acids is 1. The van der Waals surface area contributed by atoms with Gasteiger partial charge in [0.05, 0.1) is 10.9 Å². The summed E-state index contributed by atoms with van der Waals surface area (Å²) in [6.07, 6.45) is 1.05. The average molecular weight is 385 g/mol. The molecular formula is C21H24N2OS2. The first-order valence-electron chi connectivity index (χ1n) is 8.94. The molecule has 0 aliphatic carbocycles. The first-order chi connectivity index (χ1) is 12.6. The number of aliphatic imine (C=N–C) groups is 1. The Labute approximate surface area is 164 Å². The molecule has 0 unspecified atom stereocenters. The Morgan fingerprint density at radius 2 is 1.92 bits per heavy atom. The fourth-order valence-corrected chi connectivity index (χ4v) is 4.96. The topological polar surface area (TPSA) is 41.5 Å². The highest BCUT2D eigenvalue weighted by Crippen LogP contribution is 2.36. The van der Waals surface area contributed by atoms with Crippen LogP contribution in [0.2, 0.25) is 0 Å². The molecule has 2 atom stereocenters. The van der Waals surface area contributed by atoms with E-state index in [1.807, 2.05) is 43.3 Å². The first-order valence-corrected chi connectivity index (χ1v) is 10.8. The molecule has 0 saturated carbocycles. The minimum absolute atomic E-state index is 0.0212. The number of anilines is 1. The van der Waals surface area contributed by atoms with Gasteiger partial charge in [-0.2, -0.15) is 0 Å². The molecule has 1 aliphatic heterocycles. The predicted molar refractivity (Wildman–Crippen MR) is 116 cm³/mol. The van der Waals surface area contributed by atoms with Crippen LogP contribution in [0.3, 0.4) is 0 Å². The molecule has 0 radical (unpaired) electrons. The van der Waals surface area contributed by atoms with Gasteiger partial charge in [0.25, 0.3) is 0 Å². The highest BCUT2D eigenvalue weighted by Gasteiger charge is 2.21. The fourth-order valence-electron chi connectivity index (χ4n) is 2.77. The molecule has 0 aromatic heterocycles. The molecule has 2 aromatic rings. The van der Waals surface area contributed by atoms with E-state index in [-0.39, 0.29) is 11.2 Å². The smallest absolute Gasteiger partial charge is 0.237 e. The highest BCUT2D eigenvalue weighted by molar-refractivity contribution is 8.39. The van der Waals surface area contributed by atoms with E-state index in [1.54, 1.807) is 11.8 Å². The van der Waals surface area contributed by atoms with Gasteiger partial charge in [-0.25, -0.2) is 4.99 Å². The van der Waals surface area contributed by atoms with E-state index < -0.39 is 0 Å². The molecule has 1 heterocycles. The monoisotopic (exact) mass is 384 g/mol. The van der Waals surface area contributed by atoms with Crippen LogP contribution in [-0.2, 0) is 10.5 Å². The average Bonchev–Trinajstić information content (AvgIpc) is 2.67. The summed E-state index contributed by atoms with van der Waals surface area (Å²) in [4.78, 5) is 17.4. The molecule has 0 saturated heterocycles. The van der Waals surface area contributed by atoms with Gasteiger partial charge >= 0.3 is 0 Å². The molecule has 1 aliphatic rings. The van der Waals surface area contributed by atoms with Gasteiger partial charge in [0.1, 0.15) is 4.38 Å². The van der Waals surface area contributed by atoms with E-state index in [2.05, 4.69) is 31.3 Å². The number of fused-ring (bicyclic) bond motifs is 1. The van der Waals surface area contributed by atoms with Gasteiger partial charge in [-0.3, -0.25) is 4.79 Å². The van der Waals surface area contributed by atoms with Crippen molar-refractivity contribution < 1.29 is 4.79 Å². The number of amides is 1. The zero-order chi connectivity index (χ0) is 18.5. The predicted octanol–water partition coefficient (Wildman–Crippen LogP) is 6.19. The van der Waals surface area contributed by atoms with Crippen LogP contribution in [0.15, 0.2) is 53.5 Å². The van der Waals surface area contributed by atoms with Crippen LogP contribution < -0.4 is 5.32 Å². The Morgan fingerprint density at radius 3 is 2.73 bits per heavy atom. The van der Waals surface area contributed by atoms with E-state index in [0.717, 1.165) is 27.9 Å². The fraction of sp³-hybridized carbons (Fsp3) is 0.333. The molecule has 5 heteroatoms. The van der Waals surface area contributed by atoms with Crippen molar-refractivity contribution in [3.05, 3.63) is 59.7 Å². The second kappa shape index (κ2) is 8.78. The lowest BCUT2D eigenvalue weighted by Crippen LogP contribution is -2.24. The Hall–Kier alpha value is -1.72. The Kier molecular flexibility index (Phi) is 6.43. The van der Waals surface area contributed by atoms with Crippen molar-refractivity contribution in [1.29, 1.82) is 0 Å². The van der Waals surface area contributed by atoms with Crippen molar-refractivity contribution in [3.63, 3.8) is 0 Å². The maximum absolute atomic E-state index is 12.7. The molecule has 26 heavy (non-hydrogen) atoms. The van der Waals surface area contributed by atoms with E-state index in [9.17, 15) is 4.79 Å². The molecule has 3 rings (SSSR count). The zero-order valence-electron chi connectivity index (χ0n) is 15.4. The zero-order valence-corrected chi connectivity index (χ0v) is 17.0.